The first kappa shape index (κ1) is 20.9. The Kier molecular flexibility index (Phi) is 5.67. The number of hydrogen-bond acceptors (Lipinski definition) is 5. The highest BCUT2D eigenvalue weighted by atomic mass is 16.2. The van der Waals surface area contributed by atoms with Crippen LogP contribution in [0, 0.1) is 0 Å². The van der Waals surface area contributed by atoms with Gasteiger partial charge < -0.3 is 4.57 Å². The van der Waals surface area contributed by atoms with Crippen molar-refractivity contribution in [2.75, 3.05) is 0 Å². The maximum atomic E-state index is 13.1. The minimum Gasteiger partial charge on any atom is -0.322 e. The Bertz CT molecular complexity index is 1270. The Hall–Kier alpha value is -3.35. The van der Waals surface area contributed by atoms with Gasteiger partial charge in [-0.05, 0) is 18.1 Å². The number of benzene rings is 1. The number of pyridine rings is 1. The standard InChI is InChI=1S/C24H25N3O4/c1-3-4-5-6-7-10-13-27-19-17(14-18-22(27)25-24(31)26(2)23(18)30)15-11-8-9-12-16(15)20(28)21(19)29/h8-9,11-12,14H,3-7,10,13H2,1-2H3. The van der Waals surface area contributed by atoms with Crippen LogP contribution in [0.3, 0.4) is 0 Å². The second-order valence-electron chi connectivity index (χ2n) is 8.03. The molecule has 0 N–H and O–H groups in total. The number of ketones is 2. The molecule has 1 aliphatic carbocycles. The van der Waals surface area contributed by atoms with E-state index >= 15 is 0 Å². The fraction of sp³-hybridized carbons (Fsp3) is 0.375. The van der Waals surface area contributed by atoms with Crippen molar-refractivity contribution < 1.29 is 9.59 Å². The molecular weight excluding hydrogens is 394 g/mol. The highest BCUT2D eigenvalue weighted by Gasteiger charge is 2.35. The lowest BCUT2D eigenvalue weighted by Gasteiger charge is -2.25. The van der Waals surface area contributed by atoms with Gasteiger partial charge in [0.2, 0.25) is 5.78 Å². The zero-order valence-electron chi connectivity index (χ0n) is 17.8. The molecule has 0 unspecified atom stereocenters. The number of carbonyl (C=O) groups excluding carboxylic acids is 2. The molecule has 2 heterocycles. The Balaban J connectivity index is 1.91. The van der Waals surface area contributed by atoms with Crippen molar-refractivity contribution >= 4 is 11.6 Å². The Labute approximate surface area is 179 Å². The number of nitrogens with zero attached hydrogens (tertiary/aromatic N) is 3. The molecule has 0 bridgehead atoms. The summed E-state index contributed by atoms with van der Waals surface area (Å²) < 4.78 is 2.58. The van der Waals surface area contributed by atoms with Crippen LogP contribution in [0.25, 0.3) is 22.5 Å². The van der Waals surface area contributed by atoms with E-state index in [1.807, 2.05) is 0 Å². The lowest BCUT2D eigenvalue weighted by atomic mass is 9.85. The smallest absolute Gasteiger partial charge is 0.322 e. The summed E-state index contributed by atoms with van der Waals surface area (Å²) in [5, 5.41) is 0. The van der Waals surface area contributed by atoms with Gasteiger partial charge >= 0.3 is 5.69 Å². The van der Waals surface area contributed by atoms with Gasteiger partial charge in [-0.1, -0.05) is 63.3 Å². The van der Waals surface area contributed by atoms with Crippen molar-refractivity contribution in [2.24, 2.45) is 7.05 Å². The molecule has 7 heteroatoms. The van der Waals surface area contributed by atoms with Crippen LogP contribution >= 0.6 is 0 Å². The van der Waals surface area contributed by atoms with Gasteiger partial charge in [0.05, 0.1) is 5.56 Å². The molecule has 0 amide bonds. The lowest BCUT2D eigenvalue weighted by Crippen LogP contribution is -2.37. The molecule has 0 saturated carbocycles. The van der Waals surface area contributed by atoms with Crippen LogP contribution in [0.1, 0.15) is 66.3 Å². The van der Waals surface area contributed by atoms with E-state index in [1.54, 1.807) is 34.9 Å². The third kappa shape index (κ3) is 3.54. The Morgan fingerprint density at radius 1 is 0.806 bits per heavy atom. The molecule has 7 nitrogen and oxygen atoms in total. The maximum absolute atomic E-state index is 13.1. The molecule has 1 aromatic carbocycles. The number of unbranched alkanes of at least 4 members (excludes halogenated alkanes) is 5. The van der Waals surface area contributed by atoms with E-state index in [-0.39, 0.29) is 17.1 Å². The van der Waals surface area contributed by atoms with E-state index in [1.165, 1.54) is 13.5 Å². The van der Waals surface area contributed by atoms with Crippen molar-refractivity contribution in [1.29, 1.82) is 0 Å². The van der Waals surface area contributed by atoms with Crippen molar-refractivity contribution in [3.63, 3.8) is 0 Å². The molecule has 0 radical (unpaired) electrons. The third-order valence-corrected chi connectivity index (χ3v) is 5.95. The number of Topliss-reactive ketones (excluding diaryl/α,β-unsaturated/α-hetero) is 2. The number of aromatic nitrogens is 3. The molecular formula is C24H25N3O4. The largest absolute Gasteiger partial charge is 0.352 e. The molecule has 160 valence electrons. The molecule has 2 aliphatic heterocycles. The van der Waals surface area contributed by atoms with E-state index in [0.29, 0.717) is 23.2 Å². The zero-order chi connectivity index (χ0) is 22.1. The second kappa shape index (κ2) is 8.41. The van der Waals surface area contributed by atoms with E-state index in [4.69, 9.17) is 0 Å². The van der Waals surface area contributed by atoms with Gasteiger partial charge in [-0.3, -0.25) is 19.0 Å². The predicted octanol–water partition coefficient (Wildman–Crippen LogP) is 3.45. The van der Waals surface area contributed by atoms with Crippen molar-refractivity contribution in [2.45, 2.75) is 52.0 Å². The molecule has 1 aromatic rings. The zero-order valence-corrected chi connectivity index (χ0v) is 17.8. The fourth-order valence-electron chi connectivity index (χ4n) is 4.25. The first-order valence-corrected chi connectivity index (χ1v) is 10.8. The second-order valence-corrected chi connectivity index (χ2v) is 8.03. The summed E-state index contributed by atoms with van der Waals surface area (Å²) in [7, 11) is 1.39. The third-order valence-electron chi connectivity index (χ3n) is 5.95. The Morgan fingerprint density at radius 2 is 1.48 bits per heavy atom. The maximum Gasteiger partial charge on any atom is 0.352 e. The number of hydrogen-bond donors (Lipinski definition) is 0. The summed E-state index contributed by atoms with van der Waals surface area (Å²) in [5.74, 6) is -1.04. The predicted molar refractivity (Wildman–Crippen MR) is 118 cm³/mol. The van der Waals surface area contributed by atoms with Crippen LogP contribution in [0.4, 0.5) is 0 Å². The van der Waals surface area contributed by atoms with Crippen LogP contribution in [0.2, 0.25) is 0 Å². The van der Waals surface area contributed by atoms with Gasteiger partial charge in [-0.15, -0.1) is 0 Å². The molecule has 0 fully saturated rings. The van der Waals surface area contributed by atoms with Crippen molar-refractivity contribution in [3.05, 3.63) is 62.4 Å². The van der Waals surface area contributed by atoms with Crippen molar-refractivity contribution in [1.82, 2.24) is 14.1 Å². The van der Waals surface area contributed by atoms with Crippen LogP contribution in [0.15, 0.2) is 39.9 Å². The highest BCUT2D eigenvalue weighted by molar-refractivity contribution is 6.52. The summed E-state index contributed by atoms with van der Waals surface area (Å²) >= 11 is 0. The van der Waals surface area contributed by atoms with Crippen molar-refractivity contribution in [3.8, 4) is 22.5 Å². The minimum absolute atomic E-state index is 0.168. The SMILES string of the molecule is CCCCCCCCn1c2nc(=O)n(C)c(=O)c-2cc2c1C(=O)C(=O)c1ccccc1-2. The lowest BCUT2D eigenvalue weighted by molar-refractivity contribution is 0.0809. The summed E-state index contributed by atoms with van der Waals surface area (Å²) in [6.45, 7) is 2.57. The molecule has 31 heavy (non-hydrogen) atoms. The van der Waals surface area contributed by atoms with Crippen LogP contribution in [-0.4, -0.2) is 25.7 Å². The normalized spacial score (nSPS) is 12.8. The summed E-state index contributed by atoms with van der Waals surface area (Å²) in [4.78, 5) is 55.1. The summed E-state index contributed by atoms with van der Waals surface area (Å²) in [5.41, 5.74) is 0.829. The first-order chi connectivity index (χ1) is 15.0. The molecule has 0 saturated heterocycles. The van der Waals surface area contributed by atoms with Gasteiger partial charge in [-0.2, -0.15) is 4.98 Å². The average molecular weight is 419 g/mol. The van der Waals surface area contributed by atoms with E-state index < -0.39 is 22.8 Å². The van der Waals surface area contributed by atoms with Gasteiger partial charge in [0.25, 0.3) is 11.3 Å². The van der Waals surface area contributed by atoms with Crippen LogP contribution in [-0.2, 0) is 13.6 Å². The summed E-state index contributed by atoms with van der Waals surface area (Å²) in [6, 6.07) is 8.51. The highest BCUT2D eigenvalue weighted by Crippen LogP contribution is 2.36. The van der Waals surface area contributed by atoms with Gasteiger partial charge in [-0.25, -0.2) is 4.79 Å². The minimum atomic E-state index is -0.677. The summed E-state index contributed by atoms with van der Waals surface area (Å²) in [6.07, 6.45) is 6.25. The number of rotatable bonds is 7. The van der Waals surface area contributed by atoms with Gasteiger partial charge in [0.1, 0.15) is 5.69 Å². The monoisotopic (exact) mass is 419 g/mol. The van der Waals surface area contributed by atoms with Crippen LogP contribution < -0.4 is 11.2 Å². The molecule has 4 rings (SSSR count). The number of fused-ring (bicyclic) bond motifs is 4. The first-order valence-electron chi connectivity index (χ1n) is 10.8. The van der Waals surface area contributed by atoms with E-state index in [9.17, 15) is 19.2 Å². The van der Waals surface area contributed by atoms with Gasteiger partial charge in [0.15, 0.2) is 5.82 Å². The molecule has 0 spiro atoms. The Morgan fingerprint density at radius 3 is 2.23 bits per heavy atom. The van der Waals surface area contributed by atoms with E-state index in [2.05, 4.69) is 11.9 Å². The fourth-order valence-corrected chi connectivity index (χ4v) is 4.25. The molecule has 3 aliphatic rings. The van der Waals surface area contributed by atoms with E-state index in [0.717, 1.165) is 36.7 Å². The van der Waals surface area contributed by atoms with Gasteiger partial charge in [0, 0.05) is 24.7 Å². The topological polar surface area (TPSA) is 91.0 Å². The van der Waals surface area contributed by atoms with Crippen LogP contribution in [0.5, 0.6) is 0 Å². The quantitative estimate of drug-likeness (QED) is 0.432. The average Bonchev–Trinajstić information content (AvgIpc) is 2.78. The molecule has 0 atom stereocenters. The molecule has 0 aromatic heterocycles. The number of carbonyl (C=O) groups is 2.